The van der Waals surface area contributed by atoms with Gasteiger partial charge in [-0.3, -0.25) is 4.68 Å². The predicted octanol–water partition coefficient (Wildman–Crippen LogP) is 3.56. The summed E-state index contributed by atoms with van der Waals surface area (Å²) in [4.78, 5) is 4.96. The Labute approximate surface area is 161 Å². The van der Waals surface area contributed by atoms with Crippen LogP contribution in [0.3, 0.4) is 0 Å². The van der Waals surface area contributed by atoms with Gasteiger partial charge in [0.25, 0.3) is 0 Å². The van der Waals surface area contributed by atoms with Gasteiger partial charge in [-0.15, -0.1) is 10.2 Å². The summed E-state index contributed by atoms with van der Waals surface area (Å²) in [7, 11) is 1.90. The summed E-state index contributed by atoms with van der Waals surface area (Å²) in [6.07, 6.45) is 11.0. The van der Waals surface area contributed by atoms with Crippen molar-refractivity contribution in [1.29, 1.82) is 0 Å². The molecule has 1 aliphatic rings. The Morgan fingerprint density at radius 2 is 2.07 bits per heavy atom. The molecule has 0 radical (unpaired) electrons. The largest absolute Gasteiger partial charge is 0.421 e. The Bertz CT molecular complexity index is 1240. The second-order valence-electron chi connectivity index (χ2n) is 6.87. The van der Waals surface area contributed by atoms with Crippen molar-refractivity contribution in [3.05, 3.63) is 54.2 Å². The molecule has 0 spiro atoms. The number of hydrogen-bond acceptors (Lipinski definition) is 6. The fourth-order valence-electron chi connectivity index (χ4n) is 3.62. The van der Waals surface area contributed by atoms with Gasteiger partial charge >= 0.3 is 0 Å². The molecule has 0 aliphatic heterocycles. The van der Waals surface area contributed by atoms with Crippen molar-refractivity contribution in [1.82, 2.24) is 34.7 Å². The summed E-state index contributed by atoms with van der Waals surface area (Å²) >= 11 is 0. The van der Waals surface area contributed by atoms with Gasteiger partial charge in [-0.1, -0.05) is 24.3 Å². The van der Waals surface area contributed by atoms with Gasteiger partial charge in [-0.2, -0.15) is 10.2 Å². The Kier molecular flexibility index (Phi) is 3.71. The highest BCUT2D eigenvalue weighted by Crippen LogP contribution is 2.35. The molecule has 0 saturated carbocycles. The van der Waals surface area contributed by atoms with Crippen LogP contribution in [0.15, 0.2) is 47.1 Å². The lowest BCUT2D eigenvalue weighted by atomic mass is 10.1. The van der Waals surface area contributed by atoms with Crippen molar-refractivity contribution in [3.8, 4) is 22.8 Å². The highest BCUT2D eigenvalue weighted by atomic mass is 16.4. The van der Waals surface area contributed by atoms with E-state index in [2.05, 4.69) is 33.5 Å². The molecule has 0 N–H and O–H groups in total. The molecule has 140 valence electrons. The van der Waals surface area contributed by atoms with Crippen LogP contribution in [0.25, 0.3) is 33.9 Å². The zero-order chi connectivity index (χ0) is 19.3. The quantitative estimate of drug-likeness (QED) is 0.546. The van der Waals surface area contributed by atoms with Crippen LogP contribution in [-0.4, -0.2) is 34.7 Å². The summed E-state index contributed by atoms with van der Waals surface area (Å²) in [5, 5.41) is 18.3. The maximum Gasteiger partial charge on any atom is 0.248 e. The molecular formula is C20H19N7O. The molecule has 5 rings (SSSR count). The second-order valence-corrected chi connectivity index (χ2v) is 6.87. The number of aryl methyl sites for hydroxylation is 3. The van der Waals surface area contributed by atoms with E-state index in [4.69, 9.17) is 14.5 Å². The van der Waals surface area contributed by atoms with Crippen LogP contribution < -0.4 is 0 Å². The molecule has 0 saturated heterocycles. The molecule has 0 fully saturated rings. The Hall–Kier alpha value is -3.55. The molecule has 1 aliphatic carbocycles. The van der Waals surface area contributed by atoms with Crippen LogP contribution in [-0.2, 0) is 7.05 Å². The average Bonchev–Trinajstić information content (AvgIpc) is 3.41. The minimum absolute atomic E-state index is 0.118. The number of aromatic nitrogens is 7. The van der Waals surface area contributed by atoms with Crippen LogP contribution in [0.1, 0.15) is 24.0 Å². The molecule has 8 nitrogen and oxygen atoms in total. The van der Waals surface area contributed by atoms with Crippen molar-refractivity contribution in [3.63, 3.8) is 0 Å². The van der Waals surface area contributed by atoms with Gasteiger partial charge in [0.05, 0.1) is 34.1 Å². The van der Waals surface area contributed by atoms with Gasteiger partial charge in [0.15, 0.2) is 5.65 Å². The number of pyridine rings is 1. The van der Waals surface area contributed by atoms with Crippen molar-refractivity contribution in [2.24, 2.45) is 7.05 Å². The summed E-state index contributed by atoms with van der Waals surface area (Å²) in [5.74, 6) is 0.988. The van der Waals surface area contributed by atoms with E-state index >= 15 is 0 Å². The van der Waals surface area contributed by atoms with Crippen molar-refractivity contribution < 1.29 is 4.42 Å². The fraction of sp³-hybridized carbons (Fsp3) is 0.250. The van der Waals surface area contributed by atoms with E-state index in [0.29, 0.717) is 11.8 Å². The summed E-state index contributed by atoms with van der Waals surface area (Å²) in [5.41, 5.74) is 4.21. The zero-order valence-corrected chi connectivity index (χ0v) is 15.9. The van der Waals surface area contributed by atoms with Crippen LogP contribution in [0.5, 0.6) is 0 Å². The predicted molar refractivity (Wildman–Crippen MR) is 104 cm³/mol. The van der Waals surface area contributed by atoms with E-state index in [0.717, 1.165) is 40.1 Å². The maximum absolute atomic E-state index is 5.76. The molecule has 0 amide bonds. The topological polar surface area (TPSA) is 87.5 Å². The van der Waals surface area contributed by atoms with E-state index in [9.17, 15) is 0 Å². The van der Waals surface area contributed by atoms with Crippen LogP contribution in [0.2, 0.25) is 0 Å². The molecule has 0 bridgehead atoms. The first-order valence-electron chi connectivity index (χ1n) is 9.14. The maximum atomic E-state index is 5.76. The molecule has 0 aromatic carbocycles. The molecule has 4 heterocycles. The van der Waals surface area contributed by atoms with Gasteiger partial charge in [-0.25, -0.2) is 9.67 Å². The number of fused-ring (bicyclic) bond motifs is 1. The third-order valence-corrected chi connectivity index (χ3v) is 4.95. The summed E-state index contributed by atoms with van der Waals surface area (Å²) in [6.45, 7) is 3.77. The van der Waals surface area contributed by atoms with E-state index in [1.807, 2.05) is 36.9 Å². The highest BCUT2D eigenvalue weighted by molar-refractivity contribution is 5.95. The van der Waals surface area contributed by atoms with Crippen molar-refractivity contribution in [2.75, 3.05) is 0 Å². The number of rotatable bonds is 3. The van der Waals surface area contributed by atoms with Gasteiger partial charge in [0.1, 0.15) is 0 Å². The van der Waals surface area contributed by atoms with Crippen LogP contribution >= 0.6 is 0 Å². The molecule has 1 atom stereocenters. The van der Waals surface area contributed by atoms with Gasteiger partial charge in [-0.05, 0) is 25.5 Å². The Balaban J connectivity index is 1.82. The van der Waals surface area contributed by atoms with E-state index in [-0.39, 0.29) is 6.04 Å². The fourth-order valence-corrected chi connectivity index (χ4v) is 3.62. The third kappa shape index (κ3) is 2.57. The SMILES string of the molecule is Cc1nnc(-c2cc(-c3ccnn3C)nc3c2c(C)nn3C2C=CC=CC2)o1. The van der Waals surface area contributed by atoms with Crippen molar-refractivity contribution >= 4 is 11.0 Å². The lowest BCUT2D eigenvalue weighted by Gasteiger charge is -2.15. The highest BCUT2D eigenvalue weighted by Gasteiger charge is 2.23. The number of allylic oxidation sites excluding steroid dienone is 4. The molecule has 28 heavy (non-hydrogen) atoms. The minimum atomic E-state index is 0.118. The first-order chi connectivity index (χ1) is 13.6. The Morgan fingerprint density at radius 1 is 1.18 bits per heavy atom. The van der Waals surface area contributed by atoms with Gasteiger partial charge in [0.2, 0.25) is 11.8 Å². The summed E-state index contributed by atoms with van der Waals surface area (Å²) < 4.78 is 9.54. The molecular weight excluding hydrogens is 354 g/mol. The van der Waals surface area contributed by atoms with Crippen molar-refractivity contribution in [2.45, 2.75) is 26.3 Å². The smallest absolute Gasteiger partial charge is 0.248 e. The molecule has 4 aromatic rings. The lowest BCUT2D eigenvalue weighted by Crippen LogP contribution is -2.10. The van der Waals surface area contributed by atoms with Crippen LogP contribution in [0, 0.1) is 13.8 Å². The van der Waals surface area contributed by atoms with Crippen LogP contribution in [0.4, 0.5) is 0 Å². The lowest BCUT2D eigenvalue weighted by molar-refractivity contribution is 0.533. The summed E-state index contributed by atoms with van der Waals surface area (Å²) in [6, 6.07) is 4.03. The van der Waals surface area contributed by atoms with Gasteiger partial charge < -0.3 is 4.42 Å². The zero-order valence-electron chi connectivity index (χ0n) is 15.9. The Morgan fingerprint density at radius 3 is 2.75 bits per heavy atom. The second kappa shape index (κ2) is 6.26. The van der Waals surface area contributed by atoms with E-state index in [1.165, 1.54) is 0 Å². The minimum Gasteiger partial charge on any atom is -0.421 e. The first kappa shape index (κ1) is 16.6. The molecule has 1 unspecified atom stereocenters. The standard InChI is InChI=1S/C20H19N7O/c1-12-18-15(20-24-23-13(2)28-20)11-16(17-9-10-21-26(17)3)22-19(18)27(25-12)14-7-5-4-6-8-14/h4-7,9-11,14H,8H2,1-3H3. The van der Waals surface area contributed by atoms with E-state index < -0.39 is 0 Å². The molecule has 4 aromatic heterocycles. The van der Waals surface area contributed by atoms with Gasteiger partial charge in [0, 0.05) is 20.2 Å². The first-order valence-corrected chi connectivity index (χ1v) is 9.14. The molecule has 8 heteroatoms. The monoisotopic (exact) mass is 373 g/mol. The normalized spacial score (nSPS) is 16.3. The number of hydrogen-bond donors (Lipinski definition) is 0. The third-order valence-electron chi connectivity index (χ3n) is 4.95. The number of nitrogens with zero attached hydrogens (tertiary/aromatic N) is 7. The average molecular weight is 373 g/mol. The van der Waals surface area contributed by atoms with E-state index in [1.54, 1.807) is 17.8 Å².